The summed E-state index contributed by atoms with van der Waals surface area (Å²) in [5.74, 6) is 1.58. The van der Waals surface area contributed by atoms with Crippen molar-refractivity contribution in [2.75, 3.05) is 31.1 Å². The van der Waals surface area contributed by atoms with Crippen molar-refractivity contribution in [2.24, 2.45) is 0 Å². The molecule has 24 heavy (non-hydrogen) atoms. The van der Waals surface area contributed by atoms with Crippen LogP contribution in [-0.2, 0) is 22.9 Å². The highest BCUT2D eigenvalue weighted by Crippen LogP contribution is 2.28. The first-order valence-electron chi connectivity index (χ1n) is 8.71. The summed E-state index contributed by atoms with van der Waals surface area (Å²) >= 11 is 0. The maximum absolute atomic E-state index is 12.3. The quantitative estimate of drug-likeness (QED) is 0.744. The largest absolute Gasteiger partial charge is 0.334 e. The van der Waals surface area contributed by atoms with Crippen molar-refractivity contribution in [3.8, 4) is 0 Å². The van der Waals surface area contributed by atoms with E-state index < -0.39 is 9.84 Å². The summed E-state index contributed by atoms with van der Waals surface area (Å²) in [6.45, 7) is 10.5. The van der Waals surface area contributed by atoms with Crippen molar-refractivity contribution in [2.45, 2.75) is 45.9 Å². The topological polar surface area (TPSA) is 58.4 Å². The minimum atomic E-state index is -2.96. The maximum atomic E-state index is 12.3. The highest BCUT2D eigenvalue weighted by atomic mass is 32.2. The molecule has 7 heteroatoms. The van der Waals surface area contributed by atoms with Gasteiger partial charge in [0.2, 0.25) is 0 Å². The number of nitrogens with zero attached hydrogens (tertiary/aromatic N) is 4. The summed E-state index contributed by atoms with van der Waals surface area (Å²) in [6, 6.07) is 0.181. The first kappa shape index (κ1) is 17.6. The maximum Gasteiger partial charge on any atom is 0.153 e. The van der Waals surface area contributed by atoms with E-state index >= 15 is 0 Å². The number of rotatable bonds is 5. The molecule has 0 N–H and O–H groups in total. The third-order valence-electron chi connectivity index (χ3n) is 5.13. The molecule has 0 saturated carbocycles. The van der Waals surface area contributed by atoms with Crippen molar-refractivity contribution < 1.29 is 8.42 Å². The van der Waals surface area contributed by atoms with Crippen LogP contribution in [0.3, 0.4) is 0 Å². The monoisotopic (exact) mass is 352 g/mol. The Balaban J connectivity index is 1.78. The zero-order valence-corrected chi connectivity index (χ0v) is 15.7. The third-order valence-corrected chi connectivity index (χ3v) is 6.83. The molecule has 0 spiro atoms. The van der Waals surface area contributed by atoms with Crippen LogP contribution >= 0.6 is 0 Å². The summed E-state index contributed by atoms with van der Waals surface area (Å²) in [5, 5.41) is 0. The number of hydrogen-bond acceptors (Lipinski definition) is 5. The Morgan fingerprint density at radius 2 is 1.92 bits per heavy atom. The number of aryl methyl sites for hydroxylation is 1. The van der Waals surface area contributed by atoms with Crippen molar-refractivity contribution in [1.29, 1.82) is 0 Å². The van der Waals surface area contributed by atoms with Crippen molar-refractivity contribution >= 4 is 9.84 Å². The zero-order chi connectivity index (χ0) is 17.3. The lowest BCUT2D eigenvalue weighted by Crippen LogP contribution is -2.58. The predicted octanol–water partition coefficient (Wildman–Crippen LogP) is 1.15. The van der Waals surface area contributed by atoms with E-state index in [9.17, 15) is 8.42 Å². The standard InChI is InChI=1S/C17H28N4O2S/c1-4-19-8-6-18-17(19)11-21-10-9-20(7-5-14(2)3)15-12-24(22,23)13-16(15)21/h5-6,8,15-16H,4,7,9-13H2,1-3H3/t15-,16+/m0/s1. The summed E-state index contributed by atoms with van der Waals surface area (Å²) in [6.07, 6.45) is 6.01. The molecule has 2 fully saturated rings. The normalized spacial score (nSPS) is 27.1. The molecule has 3 rings (SSSR count). The zero-order valence-electron chi connectivity index (χ0n) is 14.9. The number of sulfone groups is 1. The summed E-state index contributed by atoms with van der Waals surface area (Å²) < 4.78 is 26.7. The highest BCUT2D eigenvalue weighted by Gasteiger charge is 2.46. The lowest BCUT2D eigenvalue weighted by molar-refractivity contribution is 0.0454. The van der Waals surface area contributed by atoms with Gasteiger partial charge in [-0.05, 0) is 20.8 Å². The van der Waals surface area contributed by atoms with E-state index in [0.29, 0.717) is 0 Å². The Bertz CT molecular complexity index is 706. The molecule has 2 saturated heterocycles. The van der Waals surface area contributed by atoms with E-state index in [4.69, 9.17) is 0 Å². The number of imidazole rings is 1. The average molecular weight is 353 g/mol. The molecular weight excluding hydrogens is 324 g/mol. The van der Waals surface area contributed by atoms with E-state index in [1.807, 2.05) is 12.4 Å². The van der Waals surface area contributed by atoms with Crippen LogP contribution in [0.5, 0.6) is 0 Å². The van der Waals surface area contributed by atoms with Gasteiger partial charge in [-0.15, -0.1) is 0 Å². The summed E-state index contributed by atoms with van der Waals surface area (Å²) in [5.41, 5.74) is 1.28. The lowest BCUT2D eigenvalue weighted by Gasteiger charge is -2.43. The fourth-order valence-electron chi connectivity index (χ4n) is 3.78. The molecule has 0 radical (unpaired) electrons. The molecule has 0 unspecified atom stereocenters. The first-order valence-corrected chi connectivity index (χ1v) is 10.5. The van der Waals surface area contributed by atoms with Gasteiger partial charge in [0.05, 0.1) is 18.1 Å². The molecule has 0 aliphatic carbocycles. The number of piperazine rings is 1. The predicted molar refractivity (Wildman–Crippen MR) is 95.5 cm³/mol. The van der Waals surface area contributed by atoms with Gasteiger partial charge in [-0.2, -0.15) is 0 Å². The molecule has 6 nitrogen and oxygen atoms in total. The Kier molecular flexibility index (Phi) is 5.13. The Morgan fingerprint density at radius 1 is 1.25 bits per heavy atom. The van der Waals surface area contributed by atoms with E-state index in [1.165, 1.54) is 5.57 Å². The fraction of sp³-hybridized carbons (Fsp3) is 0.706. The summed E-state index contributed by atoms with van der Waals surface area (Å²) in [4.78, 5) is 9.12. The van der Waals surface area contributed by atoms with Gasteiger partial charge in [-0.3, -0.25) is 9.80 Å². The third kappa shape index (κ3) is 3.73. The van der Waals surface area contributed by atoms with Crippen LogP contribution in [0.15, 0.2) is 24.0 Å². The van der Waals surface area contributed by atoms with Crippen LogP contribution in [0.25, 0.3) is 0 Å². The van der Waals surface area contributed by atoms with Crippen molar-refractivity contribution in [3.63, 3.8) is 0 Å². The van der Waals surface area contributed by atoms with Gasteiger partial charge >= 0.3 is 0 Å². The molecule has 1 aromatic rings. The molecule has 2 atom stereocenters. The van der Waals surface area contributed by atoms with Crippen LogP contribution in [0.1, 0.15) is 26.6 Å². The Morgan fingerprint density at radius 3 is 2.58 bits per heavy atom. The average Bonchev–Trinajstić information content (AvgIpc) is 3.09. The molecule has 0 amide bonds. The summed E-state index contributed by atoms with van der Waals surface area (Å²) in [7, 11) is -2.96. The smallest absolute Gasteiger partial charge is 0.153 e. The minimum Gasteiger partial charge on any atom is -0.334 e. The van der Waals surface area contributed by atoms with Crippen molar-refractivity contribution in [3.05, 3.63) is 29.9 Å². The van der Waals surface area contributed by atoms with E-state index in [-0.39, 0.29) is 23.6 Å². The Hall–Kier alpha value is -1.18. The number of fused-ring (bicyclic) bond motifs is 1. The molecule has 1 aromatic heterocycles. The first-order chi connectivity index (χ1) is 11.4. The van der Waals surface area contributed by atoms with Gasteiger partial charge in [0.25, 0.3) is 0 Å². The van der Waals surface area contributed by atoms with Crippen LogP contribution in [0, 0.1) is 0 Å². The molecular formula is C17H28N4O2S. The molecule has 2 aliphatic rings. The van der Waals surface area contributed by atoms with Gasteiger partial charge in [-0.1, -0.05) is 11.6 Å². The molecule has 0 bridgehead atoms. The van der Waals surface area contributed by atoms with Crippen LogP contribution in [-0.4, -0.2) is 71.0 Å². The van der Waals surface area contributed by atoms with Crippen LogP contribution < -0.4 is 0 Å². The molecule has 2 aliphatic heterocycles. The van der Waals surface area contributed by atoms with Crippen LogP contribution in [0.2, 0.25) is 0 Å². The molecule has 3 heterocycles. The molecule has 134 valence electrons. The number of hydrogen-bond donors (Lipinski definition) is 0. The van der Waals surface area contributed by atoms with Gasteiger partial charge in [0.15, 0.2) is 9.84 Å². The number of allylic oxidation sites excluding steroid dienone is 1. The molecule has 0 aromatic carbocycles. The second-order valence-corrected chi connectivity index (χ2v) is 9.24. The SMILES string of the molecule is CCn1ccnc1CN1CCN(CC=C(C)C)[C@H]2CS(=O)(=O)C[C@H]21. The Labute approximate surface area is 145 Å². The lowest BCUT2D eigenvalue weighted by atomic mass is 10.0. The minimum absolute atomic E-state index is 0.0799. The number of aromatic nitrogens is 2. The van der Waals surface area contributed by atoms with Gasteiger partial charge < -0.3 is 4.57 Å². The highest BCUT2D eigenvalue weighted by molar-refractivity contribution is 7.91. The van der Waals surface area contributed by atoms with Gasteiger partial charge in [0, 0.05) is 50.7 Å². The second-order valence-electron chi connectivity index (χ2n) is 7.09. The van der Waals surface area contributed by atoms with E-state index in [1.54, 1.807) is 0 Å². The fourth-order valence-corrected chi connectivity index (χ4v) is 5.82. The van der Waals surface area contributed by atoms with Crippen LogP contribution in [0.4, 0.5) is 0 Å². The van der Waals surface area contributed by atoms with Gasteiger partial charge in [0.1, 0.15) is 5.82 Å². The van der Waals surface area contributed by atoms with E-state index in [0.717, 1.165) is 38.5 Å². The van der Waals surface area contributed by atoms with Gasteiger partial charge in [-0.25, -0.2) is 13.4 Å². The second kappa shape index (κ2) is 6.98. The van der Waals surface area contributed by atoms with Crippen molar-refractivity contribution in [1.82, 2.24) is 19.4 Å². The van der Waals surface area contributed by atoms with E-state index in [2.05, 4.69) is 46.2 Å².